The van der Waals surface area contributed by atoms with Gasteiger partial charge < -0.3 is 15.3 Å². The van der Waals surface area contributed by atoms with E-state index in [0.717, 1.165) is 0 Å². The van der Waals surface area contributed by atoms with Crippen LogP contribution in [0.5, 0.6) is 0 Å². The molecule has 1 aliphatic heterocycles. The molecule has 0 aliphatic carbocycles. The van der Waals surface area contributed by atoms with Crippen molar-refractivity contribution in [1.82, 2.24) is 14.7 Å². The molecule has 1 heterocycles. The Morgan fingerprint density at radius 2 is 1.28 bits per heavy atom. The van der Waals surface area contributed by atoms with Crippen LogP contribution in [0.1, 0.15) is 12.8 Å². The molecule has 1 aliphatic rings. The third-order valence-corrected chi connectivity index (χ3v) is 4.10. The first-order valence-electron chi connectivity index (χ1n) is 8.03. The molecular formula is C15H24N3O7. The third-order valence-electron chi connectivity index (χ3n) is 4.10. The second-order valence-electron chi connectivity index (χ2n) is 5.91. The van der Waals surface area contributed by atoms with E-state index in [4.69, 9.17) is 10.2 Å². The van der Waals surface area contributed by atoms with E-state index in [1.807, 2.05) is 0 Å². The van der Waals surface area contributed by atoms with Crippen LogP contribution < -0.4 is 0 Å². The summed E-state index contributed by atoms with van der Waals surface area (Å²) >= 11 is 0. The van der Waals surface area contributed by atoms with Crippen molar-refractivity contribution >= 4 is 24.2 Å². The normalized spacial score (nSPS) is 19.4. The predicted molar refractivity (Wildman–Crippen MR) is 86.1 cm³/mol. The first kappa shape index (κ1) is 21.0. The van der Waals surface area contributed by atoms with Crippen LogP contribution in [0, 0.1) is 0 Å². The van der Waals surface area contributed by atoms with Gasteiger partial charge >= 0.3 is 17.9 Å². The fraction of sp³-hybridized carbons (Fsp3) is 0.733. The molecule has 3 N–H and O–H groups in total. The maximum absolute atomic E-state index is 11.5. The average Bonchev–Trinajstić information content (AvgIpc) is 2.59. The zero-order valence-electron chi connectivity index (χ0n) is 14.0. The summed E-state index contributed by atoms with van der Waals surface area (Å²) in [5.41, 5.74) is 0. The molecule has 0 saturated carbocycles. The van der Waals surface area contributed by atoms with Crippen molar-refractivity contribution < 1.29 is 34.5 Å². The Morgan fingerprint density at radius 3 is 1.64 bits per heavy atom. The van der Waals surface area contributed by atoms with Gasteiger partial charge in [-0.15, -0.1) is 0 Å². The van der Waals surface area contributed by atoms with Crippen LogP contribution in [-0.2, 0) is 19.2 Å². The zero-order chi connectivity index (χ0) is 18.8. The Morgan fingerprint density at radius 1 is 0.840 bits per heavy atom. The quantitative estimate of drug-likeness (QED) is 0.442. The van der Waals surface area contributed by atoms with E-state index >= 15 is 0 Å². The summed E-state index contributed by atoms with van der Waals surface area (Å²) in [6.45, 7) is 1.71. The van der Waals surface area contributed by atoms with E-state index in [1.54, 1.807) is 21.0 Å². The van der Waals surface area contributed by atoms with E-state index < -0.39 is 23.9 Å². The fourth-order valence-electron chi connectivity index (χ4n) is 2.83. The standard InChI is InChI=1S/C15H24N3O7/c19-9-1-2-12(15(24)25)18-7-5-16(10-13(20)21)3-4-17(6-8-18)11-14(22)23/h12H,1-8,10-11H2,(H,20,21)(H,22,23)(H,24,25). The van der Waals surface area contributed by atoms with Crippen LogP contribution in [0.2, 0.25) is 0 Å². The van der Waals surface area contributed by atoms with Crippen molar-refractivity contribution in [3.63, 3.8) is 0 Å². The molecule has 1 unspecified atom stereocenters. The minimum atomic E-state index is -1.07. The predicted octanol–water partition coefficient (Wildman–Crippen LogP) is -1.58. The van der Waals surface area contributed by atoms with Crippen LogP contribution in [0.3, 0.4) is 0 Å². The topological polar surface area (TPSA) is 139 Å². The Bertz CT molecular complexity index is 458. The fourth-order valence-corrected chi connectivity index (χ4v) is 2.83. The Kier molecular flexibility index (Phi) is 9.03. The number of carbonyl (C=O) groups excluding carboxylic acids is 1. The first-order chi connectivity index (χ1) is 11.8. The number of carboxylic acid groups (broad SMARTS) is 3. The average molecular weight is 358 g/mol. The van der Waals surface area contributed by atoms with Gasteiger partial charge in [0.15, 0.2) is 6.29 Å². The lowest BCUT2D eigenvalue weighted by molar-refractivity contribution is -0.144. The van der Waals surface area contributed by atoms with Crippen LogP contribution >= 0.6 is 0 Å². The highest BCUT2D eigenvalue weighted by Gasteiger charge is 2.27. The van der Waals surface area contributed by atoms with Gasteiger partial charge in [0.1, 0.15) is 6.04 Å². The summed E-state index contributed by atoms with van der Waals surface area (Å²) in [5, 5.41) is 27.4. The molecule has 1 fully saturated rings. The smallest absolute Gasteiger partial charge is 0.320 e. The van der Waals surface area contributed by atoms with E-state index in [2.05, 4.69) is 0 Å². The van der Waals surface area contributed by atoms with E-state index in [0.29, 0.717) is 39.3 Å². The van der Waals surface area contributed by atoms with Crippen molar-refractivity contribution in [2.45, 2.75) is 18.9 Å². The molecule has 10 heteroatoms. The Hall–Kier alpha value is -2.04. The van der Waals surface area contributed by atoms with Crippen LogP contribution in [0.4, 0.5) is 0 Å². The van der Waals surface area contributed by atoms with Crippen molar-refractivity contribution in [1.29, 1.82) is 0 Å². The molecule has 10 nitrogen and oxygen atoms in total. The first-order valence-corrected chi connectivity index (χ1v) is 8.03. The molecule has 0 aromatic heterocycles. The largest absolute Gasteiger partial charge is 0.480 e. The summed E-state index contributed by atoms with van der Waals surface area (Å²) in [5.74, 6) is -3.06. The molecule has 0 bridgehead atoms. The maximum atomic E-state index is 11.5. The van der Waals surface area contributed by atoms with Gasteiger partial charge in [0, 0.05) is 45.7 Å². The van der Waals surface area contributed by atoms with Gasteiger partial charge in [-0.05, 0) is 6.42 Å². The lowest BCUT2D eigenvalue weighted by Crippen LogP contribution is -2.47. The molecule has 0 amide bonds. The number of hydrogen-bond donors (Lipinski definition) is 3. The minimum absolute atomic E-state index is 0.00878. The Balaban J connectivity index is 2.88. The van der Waals surface area contributed by atoms with Crippen LogP contribution in [0.25, 0.3) is 0 Å². The number of carboxylic acids is 3. The maximum Gasteiger partial charge on any atom is 0.320 e. The summed E-state index contributed by atoms with van der Waals surface area (Å²) < 4.78 is 0. The van der Waals surface area contributed by atoms with Crippen LogP contribution in [0.15, 0.2) is 0 Å². The van der Waals surface area contributed by atoms with Gasteiger partial charge in [-0.3, -0.25) is 33.9 Å². The molecule has 1 rings (SSSR count). The second kappa shape index (κ2) is 10.7. The lowest BCUT2D eigenvalue weighted by atomic mass is 10.1. The third kappa shape index (κ3) is 8.05. The van der Waals surface area contributed by atoms with Gasteiger partial charge in [-0.25, -0.2) is 0 Å². The number of rotatable bonds is 9. The van der Waals surface area contributed by atoms with Gasteiger partial charge in [-0.2, -0.15) is 0 Å². The summed E-state index contributed by atoms with van der Waals surface area (Å²) in [6.07, 6.45) is 1.79. The minimum Gasteiger partial charge on any atom is -0.480 e. The molecule has 0 aromatic rings. The molecule has 0 aromatic carbocycles. The van der Waals surface area contributed by atoms with Gasteiger partial charge in [-0.1, -0.05) is 0 Å². The highest BCUT2D eigenvalue weighted by atomic mass is 16.4. The molecule has 1 radical (unpaired) electrons. The van der Waals surface area contributed by atoms with E-state index in [1.165, 1.54) is 0 Å². The monoisotopic (exact) mass is 358 g/mol. The number of aliphatic carboxylic acids is 3. The van der Waals surface area contributed by atoms with Gasteiger partial charge in [0.25, 0.3) is 0 Å². The summed E-state index contributed by atoms with van der Waals surface area (Å²) in [7, 11) is 0. The van der Waals surface area contributed by atoms with Crippen molar-refractivity contribution in [3.05, 3.63) is 0 Å². The van der Waals surface area contributed by atoms with E-state index in [-0.39, 0.29) is 25.9 Å². The number of nitrogens with zero attached hydrogens (tertiary/aromatic N) is 3. The SMILES string of the molecule is O=[C]CCC(C(=O)O)N1CCN(CC(=O)O)CCN(CC(=O)O)CC1. The summed E-state index contributed by atoms with van der Waals surface area (Å²) in [6, 6.07) is -0.891. The zero-order valence-corrected chi connectivity index (χ0v) is 14.0. The number of hydrogen-bond acceptors (Lipinski definition) is 7. The second-order valence-corrected chi connectivity index (χ2v) is 5.91. The van der Waals surface area contributed by atoms with Crippen molar-refractivity contribution in [2.75, 3.05) is 52.4 Å². The van der Waals surface area contributed by atoms with Crippen molar-refractivity contribution in [2.24, 2.45) is 0 Å². The van der Waals surface area contributed by atoms with Crippen LogP contribution in [-0.4, -0.2) is 113 Å². The number of carbonyl (C=O) groups is 3. The molecule has 0 spiro atoms. The molecule has 141 valence electrons. The van der Waals surface area contributed by atoms with Gasteiger partial charge in [0.05, 0.1) is 13.1 Å². The highest BCUT2D eigenvalue weighted by Crippen LogP contribution is 2.10. The van der Waals surface area contributed by atoms with E-state index in [9.17, 15) is 24.3 Å². The molecule has 25 heavy (non-hydrogen) atoms. The molecule has 1 saturated heterocycles. The highest BCUT2D eigenvalue weighted by molar-refractivity contribution is 5.74. The van der Waals surface area contributed by atoms with Gasteiger partial charge in [0.2, 0.25) is 0 Å². The Labute approximate surface area is 145 Å². The van der Waals surface area contributed by atoms with Crippen molar-refractivity contribution in [3.8, 4) is 0 Å². The lowest BCUT2D eigenvalue weighted by Gasteiger charge is -2.30. The molecular weight excluding hydrogens is 334 g/mol. The summed E-state index contributed by atoms with van der Waals surface area (Å²) in [4.78, 5) is 48.9. The molecule has 1 atom stereocenters.